The molecular formula is C25H28FN5O3. The average Bonchev–Trinajstić information content (AvgIpc) is 2.77. The van der Waals surface area contributed by atoms with Crippen LogP contribution >= 0.6 is 0 Å². The molecule has 3 aromatic rings. The second-order valence-electron chi connectivity index (χ2n) is 9.51. The fourth-order valence-electron chi connectivity index (χ4n) is 3.36. The molecule has 1 aromatic carbocycles. The van der Waals surface area contributed by atoms with E-state index in [1.807, 2.05) is 0 Å². The van der Waals surface area contributed by atoms with Crippen LogP contribution in [0.25, 0.3) is 11.3 Å². The van der Waals surface area contributed by atoms with Crippen molar-refractivity contribution in [2.45, 2.75) is 45.6 Å². The van der Waals surface area contributed by atoms with E-state index in [-0.39, 0.29) is 18.1 Å². The summed E-state index contributed by atoms with van der Waals surface area (Å²) in [7, 11) is 0. The molecule has 0 aliphatic rings. The van der Waals surface area contributed by atoms with Gasteiger partial charge in [-0.3, -0.25) is 14.7 Å². The fourth-order valence-corrected chi connectivity index (χ4v) is 3.36. The molecule has 0 radical (unpaired) electrons. The molecule has 178 valence electrons. The van der Waals surface area contributed by atoms with E-state index in [4.69, 9.17) is 10.5 Å². The van der Waals surface area contributed by atoms with Gasteiger partial charge in [-0.2, -0.15) is 0 Å². The predicted molar refractivity (Wildman–Crippen MR) is 127 cm³/mol. The highest BCUT2D eigenvalue weighted by molar-refractivity contribution is 5.94. The normalized spacial score (nSPS) is 11.7. The van der Waals surface area contributed by atoms with Crippen LogP contribution in [-0.4, -0.2) is 39.3 Å². The Hall–Kier alpha value is -3.88. The number of benzene rings is 1. The second kappa shape index (κ2) is 9.54. The van der Waals surface area contributed by atoms with Crippen molar-refractivity contribution in [2.24, 2.45) is 5.73 Å². The maximum Gasteiger partial charge on any atom is 0.416 e. The number of rotatable bonds is 6. The number of hydrogen-bond acceptors (Lipinski definition) is 6. The fraction of sp³-hybridized carbons (Fsp3) is 0.320. The SMILES string of the molecule is CC(C)(C)OC(=O)N(CC(C)(C)c1ncccc1F)c1ccc(-c2cccc(C(N)=O)c2)nn1. The van der Waals surface area contributed by atoms with Crippen molar-refractivity contribution >= 4 is 17.8 Å². The molecule has 0 bridgehead atoms. The number of primary amides is 1. The highest BCUT2D eigenvalue weighted by Gasteiger charge is 2.34. The van der Waals surface area contributed by atoms with E-state index in [1.165, 1.54) is 23.2 Å². The van der Waals surface area contributed by atoms with Crippen molar-refractivity contribution < 1.29 is 18.7 Å². The predicted octanol–water partition coefficient (Wildman–Crippen LogP) is 4.50. The highest BCUT2D eigenvalue weighted by atomic mass is 19.1. The van der Waals surface area contributed by atoms with Gasteiger partial charge in [0.1, 0.15) is 11.4 Å². The first-order valence-electron chi connectivity index (χ1n) is 10.7. The maximum atomic E-state index is 14.5. The zero-order chi connectivity index (χ0) is 25.1. The van der Waals surface area contributed by atoms with Crippen LogP contribution in [0.5, 0.6) is 0 Å². The Morgan fingerprint density at radius 2 is 1.76 bits per heavy atom. The van der Waals surface area contributed by atoms with E-state index < -0.39 is 28.8 Å². The van der Waals surface area contributed by atoms with E-state index in [0.717, 1.165) is 0 Å². The van der Waals surface area contributed by atoms with Gasteiger partial charge in [-0.1, -0.05) is 26.0 Å². The second-order valence-corrected chi connectivity index (χ2v) is 9.51. The maximum absolute atomic E-state index is 14.5. The van der Waals surface area contributed by atoms with Crippen LogP contribution in [0.15, 0.2) is 54.7 Å². The minimum Gasteiger partial charge on any atom is -0.443 e. The summed E-state index contributed by atoms with van der Waals surface area (Å²) in [4.78, 5) is 30.1. The number of ether oxygens (including phenoxy) is 1. The molecule has 8 nitrogen and oxygen atoms in total. The van der Waals surface area contributed by atoms with Crippen LogP contribution < -0.4 is 10.6 Å². The summed E-state index contributed by atoms with van der Waals surface area (Å²) in [6, 6.07) is 12.8. The largest absolute Gasteiger partial charge is 0.443 e. The van der Waals surface area contributed by atoms with Gasteiger partial charge >= 0.3 is 6.09 Å². The van der Waals surface area contributed by atoms with Gasteiger partial charge in [-0.05, 0) is 57.2 Å². The minimum absolute atomic E-state index is 0.0427. The minimum atomic E-state index is -0.863. The Bertz CT molecular complexity index is 1190. The lowest BCUT2D eigenvalue weighted by atomic mass is 9.87. The Labute approximate surface area is 198 Å². The van der Waals surface area contributed by atoms with Crippen LogP contribution in [0.2, 0.25) is 0 Å². The number of halogens is 1. The molecular weight excluding hydrogens is 437 g/mol. The number of carbonyl (C=O) groups is 2. The summed E-state index contributed by atoms with van der Waals surface area (Å²) in [6.07, 6.45) is 0.863. The van der Waals surface area contributed by atoms with Gasteiger partial charge in [0.05, 0.1) is 11.4 Å². The monoisotopic (exact) mass is 465 g/mol. The van der Waals surface area contributed by atoms with Crippen LogP contribution in [0.4, 0.5) is 15.0 Å². The van der Waals surface area contributed by atoms with Gasteiger partial charge in [-0.25, -0.2) is 9.18 Å². The smallest absolute Gasteiger partial charge is 0.416 e. The Balaban J connectivity index is 1.96. The average molecular weight is 466 g/mol. The van der Waals surface area contributed by atoms with Crippen molar-refractivity contribution in [1.29, 1.82) is 0 Å². The van der Waals surface area contributed by atoms with Gasteiger partial charge in [-0.15, -0.1) is 10.2 Å². The number of aromatic nitrogens is 3. The van der Waals surface area contributed by atoms with Crippen molar-refractivity contribution in [3.63, 3.8) is 0 Å². The summed E-state index contributed by atoms with van der Waals surface area (Å²) in [6.45, 7) is 8.88. The van der Waals surface area contributed by atoms with Gasteiger partial charge in [0.25, 0.3) is 0 Å². The van der Waals surface area contributed by atoms with E-state index in [9.17, 15) is 14.0 Å². The van der Waals surface area contributed by atoms with E-state index in [0.29, 0.717) is 16.8 Å². The van der Waals surface area contributed by atoms with Crippen molar-refractivity contribution in [2.75, 3.05) is 11.4 Å². The number of hydrogen-bond donors (Lipinski definition) is 1. The molecule has 0 spiro atoms. The summed E-state index contributed by atoms with van der Waals surface area (Å²) >= 11 is 0. The molecule has 2 N–H and O–H groups in total. The third-order valence-corrected chi connectivity index (χ3v) is 4.94. The Kier molecular flexibility index (Phi) is 6.95. The van der Waals surface area contributed by atoms with Crippen LogP contribution in [0, 0.1) is 5.82 Å². The molecule has 9 heteroatoms. The number of anilines is 1. The summed E-state index contributed by atoms with van der Waals surface area (Å²) < 4.78 is 20.1. The molecule has 0 unspecified atom stereocenters. The summed E-state index contributed by atoms with van der Waals surface area (Å²) in [5.41, 5.74) is 5.45. The van der Waals surface area contributed by atoms with Crippen LogP contribution in [0.3, 0.4) is 0 Å². The van der Waals surface area contributed by atoms with Gasteiger partial charge in [0.15, 0.2) is 5.82 Å². The van der Waals surface area contributed by atoms with Crippen molar-refractivity contribution in [3.05, 3.63) is 71.8 Å². The Morgan fingerprint density at radius 3 is 2.35 bits per heavy atom. The quantitative estimate of drug-likeness (QED) is 0.574. The lowest BCUT2D eigenvalue weighted by Gasteiger charge is -2.33. The van der Waals surface area contributed by atoms with Crippen molar-refractivity contribution in [3.8, 4) is 11.3 Å². The Morgan fingerprint density at radius 1 is 1.03 bits per heavy atom. The molecule has 0 aliphatic heterocycles. The van der Waals surface area contributed by atoms with Crippen LogP contribution in [-0.2, 0) is 10.2 Å². The third kappa shape index (κ3) is 5.92. The van der Waals surface area contributed by atoms with E-state index >= 15 is 0 Å². The zero-order valence-electron chi connectivity index (χ0n) is 19.9. The standard InChI is InChI=1S/C25H28FN5O3/c1-24(2,3)34-23(33)31(15-25(4,5)21-18(26)10-7-13-28-21)20-12-11-19(29-30-20)16-8-6-9-17(14-16)22(27)32/h6-14H,15H2,1-5H3,(H2,27,32). The number of amides is 2. The lowest BCUT2D eigenvalue weighted by Crippen LogP contribution is -2.44. The molecule has 0 atom stereocenters. The molecule has 0 saturated heterocycles. The lowest BCUT2D eigenvalue weighted by molar-refractivity contribution is 0.0571. The van der Waals surface area contributed by atoms with E-state index in [2.05, 4.69) is 15.2 Å². The van der Waals surface area contributed by atoms with Crippen molar-refractivity contribution in [1.82, 2.24) is 15.2 Å². The van der Waals surface area contributed by atoms with Crippen LogP contribution in [0.1, 0.15) is 50.7 Å². The third-order valence-electron chi connectivity index (χ3n) is 4.94. The number of nitrogens with zero attached hydrogens (tertiary/aromatic N) is 4. The summed E-state index contributed by atoms with van der Waals surface area (Å²) in [5, 5.41) is 8.45. The molecule has 2 aromatic heterocycles. The first-order valence-corrected chi connectivity index (χ1v) is 10.7. The first-order chi connectivity index (χ1) is 15.9. The summed E-state index contributed by atoms with van der Waals surface area (Å²) in [5.74, 6) is -0.785. The van der Waals surface area contributed by atoms with Gasteiger partial charge in [0.2, 0.25) is 5.91 Å². The zero-order valence-corrected chi connectivity index (χ0v) is 19.9. The van der Waals surface area contributed by atoms with E-state index in [1.54, 1.807) is 71.0 Å². The highest BCUT2D eigenvalue weighted by Crippen LogP contribution is 2.28. The molecule has 0 saturated carbocycles. The molecule has 0 aliphatic carbocycles. The molecule has 2 amide bonds. The molecule has 34 heavy (non-hydrogen) atoms. The topological polar surface area (TPSA) is 111 Å². The van der Waals surface area contributed by atoms with Gasteiger partial charge in [0, 0.05) is 29.3 Å². The molecule has 2 heterocycles. The number of nitrogens with two attached hydrogens (primary N) is 1. The number of pyridine rings is 1. The molecule has 3 rings (SSSR count). The first kappa shape index (κ1) is 24.8. The van der Waals surface area contributed by atoms with Gasteiger partial charge < -0.3 is 10.5 Å². The number of carbonyl (C=O) groups excluding carboxylic acids is 2. The molecule has 0 fully saturated rings.